The van der Waals surface area contributed by atoms with Crippen LogP contribution in [0.25, 0.3) is 10.8 Å². The van der Waals surface area contributed by atoms with Gasteiger partial charge in [-0.3, -0.25) is 9.59 Å². The summed E-state index contributed by atoms with van der Waals surface area (Å²) >= 11 is 0. The molecule has 0 saturated heterocycles. The molecule has 32 heavy (non-hydrogen) atoms. The highest BCUT2D eigenvalue weighted by Crippen LogP contribution is 2.27. The quantitative estimate of drug-likeness (QED) is 0.383. The normalized spacial score (nSPS) is 12.1. The smallest absolute Gasteiger partial charge is 0.326 e. The number of nitrogens with one attached hydrogen (secondary N) is 2. The molecule has 3 N–H and O–H groups in total. The van der Waals surface area contributed by atoms with Crippen LogP contribution in [0.1, 0.15) is 16.8 Å². The number of carboxylic acids is 1. The van der Waals surface area contributed by atoms with E-state index in [1.807, 2.05) is 13.0 Å². The Morgan fingerprint density at radius 2 is 1.78 bits per heavy atom. The zero-order valence-corrected chi connectivity index (χ0v) is 17.4. The minimum absolute atomic E-state index is 0.0605. The van der Waals surface area contributed by atoms with Crippen LogP contribution in [0.4, 0.5) is 21.6 Å². The molecule has 8 heteroatoms. The Labute approximate surface area is 182 Å². The number of aromatic nitrogens is 1. The molecule has 0 amide bonds. The number of benzene rings is 2. The van der Waals surface area contributed by atoms with Crippen molar-refractivity contribution < 1.29 is 14.3 Å². The Morgan fingerprint density at radius 3 is 2.44 bits per heavy atom. The maximum absolute atomic E-state index is 13.7. The van der Waals surface area contributed by atoms with Gasteiger partial charge in [-0.25, -0.2) is 14.2 Å². The minimum atomic E-state index is -1.13. The number of aliphatic carboxylic acids is 1. The van der Waals surface area contributed by atoms with Gasteiger partial charge < -0.3 is 15.7 Å². The average Bonchev–Trinajstić information content (AvgIpc) is 2.77. The summed E-state index contributed by atoms with van der Waals surface area (Å²) < 4.78 is 13.7. The first-order valence-electron chi connectivity index (χ1n) is 9.95. The molecule has 0 aliphatic heterocycles. The molecular formula is C24H20FN3O4. The van der Waals surface area contributed by atoms with Crippen LogP contribution in [0.3, 0.4) is 0 Å². The second-order valence-electron chi connectivity index (χ2n) is 7.70. The van der Waals surface area contributed by atoms with Gasteiger partial charge in [-0.2, -0.15) is 0 Å². The Morgan fingerprint density at radius 1 is 1.06 bits per heavy atom. The number of hydrogen-bond donors (Lipinski definition) is 3. The first-order valence-corrected chi connectivity index (χ1v) is 9.95. The molecule has 4 aromatic rings. The summed E-state index contributed by atoms with van der Waals surface area (Å²) in [6, 6.07) is 12.4. The summed E-state index contributed by atoms with van der Waals surface area (Å²) in [4.78, 5) is 39.1. The van der Waals surface area contributed by atoms with E-state index in [0.29, 0.717) is 16.9 Å². The van der Waals surface area contributed by atoms with E-state index in [1.54, 1.807) is 30.3 Å². The highest BCUT2D eigenvalue weighted by atomic mass is 19.1. The van der Waals surface area contributed by atoms with Crippen LogP contribution in [-0.2, 0) is 11.2 Å². The number of aryl methyl sites for hydroxylation is 1. The number of pyridine rings is 1. The molecule has 162 valence electrons. The second kappa shape index (κ2) is 8.22. The largest absolute Gasteiger partial charge is 0.480 e. The molecule has 3 aromatic carbocycles. The van der Waals surface area contributed by atoms with Crippen molar-refractivity contribution in [3.05, 3.63) is 91.6 Å². The molecule has 0 aliphatic carbocycles. The van der Waals surface area contributed by atoms with Crippen molar-refractivity contribution in [1.82, 2.24) is 4.98 Å². The third-order valence-electron chi connectivity index (χ3n) is 5.35. The number of nitrogens with zero attached hydrogens (tertiary/aromatic N) is 1. The summed E-state index contributed by atoms with van der Waals surface area (Å²) in [5.74, 6) is -0.962. The highest BCUT2D eigenvalue weighted by molar-refractivity contribution is 5.93. The van der Waals surface area contributed by atoms with Gasteiger partial charge in [0, 0.05) is 28.8 Å². The lowest BCUT2D eigenvalue weighted by molar-refractivity contribution is -0.137. The fourth-order valence-electron chi connectivity index (χ4n) is 3.60. The van der Waals surface area contributed by atoms with Crippen LogP contribution >= 0.6 is 0 Å². The summed E-state index contributed by atoms with van der Waals surface area (Å²) in [6.07, 6.45) is 0.116. The number of anilines is 3. The number of fused-ring (bicyclic) bond motifs is 1. The van der Waals surface area contributed by atoms with E-state index in [2.05, 4.69) is 15.6 Å². The van der Waals surface area contributed by atoms with Crippen LogP contribution in [0.2, 0.25) is 0 Å². The molecule has 0 spiro atoms. The van der Waals surface area contributed by atoms with Crippen LogP contribution < -0.4 is 21.5 Å². The van der Waals surface area contributed by atoms with Crippen molar-refractivity contribution in [3.63, 3.8) is 0 Å². The van der Waals surface area contributed by atoms with E-state index in [1.165, 1.54) is 19.1 Å². The van der Waals surface area contributed by atoms with Gasteiger partial charge in [0.25, 0.3) is 0 Å². The van der Waals surface area contributed by atoms with Crippen molar-refractivity contribution in [1.29, 1.82) is 0 Å². The lowest BCUT2D eigenvalue weighted by Crippen LogP contribution is -2.42. The predicted molar refractivity (Wildman–Crippen MR) is 121 cm³/mol. The number of halogens is 1. The van der Waals surface area contributed by atoms with Gasteiger partial charge in [-0.1, -0.05) is 18.2 Å². The highest BCUT2D eigenvalue weighted by Gasteiger charge is 2.24. The van der Waals surface area contributed by atoms with Crippen molar-refractivity contribution >= 4 is 33.9 Å². The third kappa shape index (κ3) is 4.07. The summed E-state index contributed by atoms with van der Waals surface area (Å²) in [5.41, 5.74) is 1.23. The SMILES string of the molecule is Cc1cc2ccc(F)cc2c(Nc2ccc(C[C@H](Nc3c(C)c(=O)c3=O)C(=O)O)cc2)n1. The fraction of sp³-hybridized carbons (Fsp3) is 0.167. The van der Waals surface area contributed by atoms with Crippen LogP contribution in [0.5, 0.6) is 0 Å². The Balaban J connectivity index is 1.53. The molecule has 0 fully saturated rings. The van der Waals surface area contributed by atoms with Crippen molar-refractivity contribution in [2.24, 2.45) is 0 Å². The first-order chi connectivity index (χ1) is 15.2. The lowest BCUT2D eigenvalue weighted by atomic mass is 10.0. The Hall–Kier alpha value is -4.07. The average molecular weight is 433 g/mol. The minimum Gasteiger partial charge on any atom is -0.480 e. The van der Waals surface area contributed by atoms with Gasteiger partial charge in [0.2, 0.25) is 10.9 Å². The van der Waals surface area contributed by atoms with E-state index >= 15 is 0 Å². The maximum Gasteiger partial charge on any atom is 0.326 e. The van der Waals surface area contributed by atoms with E-state index in [0.717, 1.165) is 16.6 Å². The standard InChI is InChI=1S/C24H20FN3O4/c1-12-9-15-5-6-16(25)11-18(15)23(26-12)27-17-7-3-14(4-8-17)10-19(24(31)32)28-20-13(2)21(29)22(20)30/h3-9,11,19,28H,10H2,1-2H3,(H,26,27)(H,31,32)/t19-/m0/s1. The van der Waals surface area contributed by atoms with Gasteiger partial charge in [0.1, 0.15) is 17.7 Å². The lowest BCUT2D eigenvalue weighted by Gasteiger charge is -2.18. The van der Waals surface area contributed by atoms with E-state index in [-0.39, 0.29) is 23.5 Å². The van der Waals surface area contributed by atoms with E-state index < -0.39 is 22.9 Å². The van der Waals surface area contributed by atoms with Crippen LogP contribution in [0.15, 0.2) is 58.1 Å². The van der Waals surface area contributed by atoms with Crippen molar-refractivity contribution in [2.45, 2.75) is 26.3 Å². The summed E-state index contributed by atoms with van der Waals surface area (Å²) in [7, 11) is 0. The number of rotatable bonds is 7. The molecule has 0 bridgehead atoms. The van der Waals surface area contributed by atoms with Crippen LogP contribution in [0, 0.1) is 19.7 Å². The molecule has 0 radical (unpaired) electrons. The van der Waals surface area contributed by atoms with Gasteiger partial charge in [0.15, 0.2) is 0 Å². The molecule has 1 heterocycles. The van der Waals surface area contributed by atoms with Gasteiger partial charge in [0.05, 0.1) is 5.69 Å². The van der Waals surface area contributed by atoms with Gasteiger partial charge >= 0.3 is 5.97 Å². The molecule has 0 unspecified atom stereocenters. The predicted octanol–water partition coefficient (Wildman–Crippen LogP) is 3.44. The second-order valence-corrected chi connectivity index (χ2v) is 7.70. The molecule has 7 nitrogen and oxygen atoms in total. The zero-order valence-electron chi connectivity index (χ0n) is 17.4. The third-order valence-corrected chi connectivity index (χ3v) is 5.35. The van der Waals surface area contributed by atoms with Crippen LogP contribution in [-0.4, -0.2) is 22.1 Å². The Bertz CT molecular complexity index is 1410. The summed E-state index contributed by atoms with van der Waals surface area (Å²) in [5, 5.41) is 16.9. The molecule has 4 rings (SSSR count). The first kappa shape index (κ1) is 21.2. The number of carbonyl (C=O) groups is 1. The van der Waals surface area contributed by atoms with E-state index in [4.69, 9.17) is 0 Å². The Kier molecular flexibility index (Phi) is 5.44. The fourth-order valence-corrected chi connectivity index (χ4v) is 3.60. The zero-order chi connectivity index (χ0) is 23.0. The van der Waals surface area contributed by atoms with Crippen molar-refractivity contribution in [3.8, 4) is 0 Å². The van der Waals surface area contributed by atoms with Crippen molar-refractivity contribution in [2.75, 3.05) is 10.6 Å². The van der Waals surface area contributed by atoms with Gasteiger partial charge in [-0.15, -0.1) is 0 Å². The van der Waals surface area contributed by atoms with Gasteiger partial charge in [-0.05, 0) is 55.1 Å². The molecule has 0 saturated carbocycles. The topological polar surface area (TPSA) is 108 Å². The maximum atomic E-state index is 13.7. The molecule has 1 aromatic heterocycles. The number of carboxylic acid groups (broad SMARTS) is 1. The molecular weight excluding hydrogens is 413 g/mol. The molecule has 0 aliphatic rings. The van der Waals surface area contributed by atoms with E-state index in [9.17, 15) is 23.9 Å². The monoisotopic (exact) mass is 433 g/mol. The number of hydrogen-bond acceptors (Lipinski definition) is 6. The molecule has 1 atom stereocenters. The summed E-state index contributed by atoms with van der Waals surface area (Å²) in [6.45, 7) is 3.34.